The molecule has 0 N–H and O–H groups in total. The van der Waals surface area contributed by atoms with Gasteiger partial charge in [-0.15, -0.1) is 0 Å². The van der Waals surface area contributed by atoms with Crippen molar-refractivity contribution in [1.29, 1.82) is 0 Å². The summed E-state index contributed by atoms with van der Waals surface area (Å²) < 4.78 is 19.0. The first kappa shape index (κ1) is 15.1. The molecule has 0 saturated carbocycles. The second-order valence-electron chi connectivity index (χ2n) is 3.25. The predicted octanol–water partition coefficient (Wildman–Crippen LogP) is 4.70. The van der Waals surface area contributed by atoms with E-state index in [9.17, 15) is 4.39 Å². The molecular formula is C11H15Br2FO. The third-order valence-electron chi connectivity index (χ3n) is 1.74. The van der Waals surface area contributed by atoms with Crippen molar-refractivity contribution in [3.05, 3.63) is 32.5 Å². The Morgan fingerprint density at radius 2 is 1.60 bits per heavy atom. The van der Waals surface area contributed by atoms with Gasteiger partial charge in [-0.3, -0.25) is 0 Å². The van der Waals surface area contributed by atoms with E-state index >= 15 is 0 Å². The lowest BCUT2D eigenvalue weighted by Crippen LogP contribution is -1.94. The maximum atomic E-state index is 12.9. The third kappa shape index (κ3) is 5.64. The van der Waals surface area contributed by atoms with Crippen LogP contribution in [0.15, 0.2) is 21.1 Å². The Kier molecular flexibility index (Phi) is 7.40. The normalized spacial score (nSPS) is 9.87. The quantitative estimate of drug-likeness (QED) is 0.673. The summed E-state index contributed by atoms with van der Waals surface area (Å²) in [4.78, 5) is 0. The average Bonchev–Trinajstić information content (AvgIpc) is 2.21. The van der Waals surface area contributed by atoms with Gasteiger partial charge in [0.05, 0.1) is 10.6 Å². The van der Waals surface area contributed by atoms with Crippen molar-refractivity contribution in [3.8, 4) is 0 Å². The lowest BCUT2D eigenvalue weighted by atomic mass is 10.2. The van der Waals surface area contributed by atoms with Crippen molar-refractivity contribution in [2.24, 2.45) is 0 Å². The van der Waals surface area contributed by atoms with E-state index in [0.717, 1.165) is 4.47 Å². The minimum Gasteiger partial charge on any atom is -0.382 e. The molecule has 86 valence electrons. The third-order valence-corrected chi connectivity index (χ3v) is 3.22. The van der Waals surface area contributed by atoms with E-state index in [1.165, 1.54) is 0 Å². The van der Waals surface area contributed by atoms with Crippen molar-refractivity contribution in [3.63, 3.8) is 0 Å². The van der Waals surface area contributed by atoms with Crippen LogP contribution >= 0.6 is 31.9 Å². The number of ether oxygens (including phenoxy) is 1. The number of benzene rings is 1. The molecule has 0 bridgehead atoms. The lowest BCUT2D eigenvalue weighted by Gasteiger charge is -1.99. The fourth-order valence-electron chi connectivity index (χ4n) is 0.628. The van der Waals surface area contributed by atoms with E-state index in [4.69, 9.17) is 4.74 Å². The number of hydrogen-bond acceptors (Lipinski definition) is 1. The second kappa shape index (κ2) is 7.36. The van der Waals surface area contributed by atoms with Gasteiger partial charge in [-0.25, -0.2) is 4.39 Å². The minimum atomic E-state index is -0.200. The van der Waals surface area contributed by atoms with Gasteiger partial charge in [-0.05, 0) is 48.8 Å². The van der Waals surface area contributed by atoms with Crippen molar-refractivity contribution in [2.75, 3.05) is 7.11 Å². The van der Waals surface area contributed by atoms with Crippen LogP contribution in [0.2, 0.25) is 0 Å². The molecule has 0 unspecified atom stereocenters. The van der Waals surface area contributed by atoms with E-state index in [0.29, 0.717) is 16.1 Å². The van der Waals surface area contributed by atoms with E-state index < -0.39 is 0 Å². The van der Waals surface area contributed by atoms with E-state index in [2.05, 4.69) is 31.9 Å². The maximum Gasteiger partial charge on any atom is 0.141 e. The van der Waals surface area contributed by atoms with E-state index in [1.54, 1.807) is 20.1 Å². The molecule has 0 atom stereocenters. The zero-order valence-corrected chi connectivity index (χ0v) is 12.4. The number of hydrogen-bond donors (Lipinski definition) is 0. The second-order valence-corrected chi connectivity index (χ2v) is 4.96. The van der Waals surface area contributed by atoms with Gasteiger partial charge < -0.3 is 4.74 Å². The van der Waals surface area contributed by atoms with Crippen LogP contribution in [0.3, 0.4) is 0 Å². The average molecular weight is 342 g/mol. The molecule has 1 aromatic rings. The summed E-state index contributed by atoms with van der Waals surface area (Å²) in [5.74, 6) is -0.200. The lowest BCUT2D eigenvalue weighted by molar-refractivity contribution is 0.134. The molecular weight excluding hydrogens is 327 g/mol. The molecule has 1 rings (SSSR count). The van der Waals surface area contributed by atoms with Crippen LogP contribution in [0.1, 0.15) is 19.4 Å². The van der Waals surface area contributed by atoms with Crippen LogP contribution < -0.4 is 0 Å². The summed E-state index contributed by atoms with van der Waals surface area (Å²) >= 11 is 6.30. The van der Waals surface area contributed by atoms with Gasteiger partial charge in [0.15, 0.2) is 0 Å². The summed E-state index contributed by atoms with van der Waals surface area (Å²) in [5, 5.41) is 0. The Hall–Kier alpha value is 0.0700. The Morgan fingerprint density at radius 1 is 1.20 bits per heavy atom. The highest BCUT2D eigenvalue weighted by molar-refractivity contribution is 9.11. The highest BCUT2D eigenvalue weighted by atomic mass is 79.9. The van der Waals surface area contributed by atoms with Gasteiger partial charge in [0.2, 0.25) is 0 Å². The smallest absolute Gasteiger partial charge is 0.141 e. The molecule has 1 aromatic carbocycles. The van der Waals surface area contributed by atoms with Gasteiger partial charge in [-0.2, -0.15) is 0 Å². The maximum absolute atomic E-state index is 12.9. The largest absolute Gasteiger partial charge is 0.382 e. The van der Waals surface area contributed by atoms with Crippen LogP contribution in [0.5, 0.6) is 0 Å². The molecule has 0 spiro atoms. The molecule has 15 heavy (non-hydrogen) atoms. The molecule has 0 aliphatic carbocycles. The summed E-state index contributed by atoms with van der Waals surface area (Å²) in [6.07, 6.45) is 0.384. The van der Waals surface area contributed by atoms with Gasteiger partial charge in [-0.1, -0.05) is 15.9 Å². The molecule has 0 aromatic heterocycles. The molecule has 0 fully saturated rings. The molecule has 0 amide bonds. The van der Waals surface area contributed by atoms with E-state index in [1.807, 2.05) is 19.9 Å². The van der Waals surface area contributed by atoms with Crippen LogP contribution in [0, 0.1) is 12.7 Å². The zero-order valence-electron chi connectivity index (χ0n) is 9.27. The topological polar surface area (TPSA) is 9.23 Å². The monoisotopic (exact) mass is 340 g/mol. The standard InChI is InChI=1S/C7H5Br2F.C4H10O/c1-4-5(8)2-3-6(9)7(4)10;1-4(2)5-3/h2-3H,1H3;4H,1-3H3. The number of rotatable bonds is 1. The molecule has 0 radical (unpaired) electrons. The molecule has 0 heterocycles. The first-order valence-electron chi connectivity index (χ1n) is 4.53. The summed E-state index contributed by atoms with van der Waals surface area (Å²) in [7, 11) is 1.70. The summed E-state index contributed by atoms with van der Waals surface area (Å²) in [6, 6.07) is 3.48. The van der Waals surface area contributed by atoms with Crippen LogP contribution in [-0.4, -0.2) is 13.2 Å². The number of methoxy groups -OCH3 is 1. The van der Waals surface area contributed by atoms with Crippen LogP contribution in [-0.2, 0) is 4.74 Å². The highest BCUT2D eigenvalue weighted by Crippen LogP contribution is 2.24. The number of halogens is 3. The Balaban J connectivity index is 0.000000336. The molecule has 0 saturated heterocycles. The Labute approximate surface area is 107 Å². The molecule has 4 heteroatoms. The van der Waals surface area contributed by atoms with Crippen LogP contribution in [0.25, 0.3) is 0 Å². The summed E-state index contributed by atoms with van der Waals surface area (Å²) in [5.41, 5.74) is 0.634. The van der Waals surface area contributed by atoms with Crippen LogP contribution in [0.4, 0.5) is 4.39 Å². The van der Waals surface area contributed by atoms with Crippen molar-refractivity contribution < 1.29 is 9.13 Å². The van der Waals surface area contributed by atoms with Gasteiger partial charge in [0.25, 0.3) is 0 Å². The molecule has 1 nitrogen and oxygen atoms in total. The fourth-order valence-corrected chi connectivity index (χ4v) is 1.36. The fraction of sp³-hybridized carbons (Fsp3) is 0.455. The van der Waals surface area contributed by atoms with Gasteiger partial charge >= 0.3 is 0 Å². The first-order valence-corrected chi connectivity index (χ1v) is 6.11. The van der Waals surface area contributed by atoms with E-state index in [-0.39, 0.29) is 5.82 Å². The molecule has 0 aliphatic rings. The van der Waals surface area contributed by atoms with Crippen molar-refractivity contribution >= 4 is 31.9 Å². The summed E-state index contributed by atoms with van der Waals surface area (Å²) in [6.45, 7) is 5.73. The zero-order chi connectivity index (χ0) is 12.0. The highest BCUT2D eigenvalue weighted by Gasteiger charge is 2.04. The Morgan fingerprint density at radius 3 is 1.93 bits per heavy atom. The first-order chi connectivity index (χ1) is 6.90. The van der Waals surface area contributed by atoms with Gasteiger partial charge in [0, 0.05) is 17.1 Å². The molecule has 0 aliphatic heterocycles. The Bertz CT molecular complexity index is 287. The SMILES string of the molecule is COC(C)C.Cc1c(Br)ccc(Br)c1F. The van der Waals surface area contributed by atoms with Crippen molar-refractivity contribution in [1.82, 2.24) is 0 Å². The van der Waals surface area contributed by atoms with Crippen molar-refractivity contribution in [2.45, 2.75) is 26.9 Å². The van der Waals surface area contributed by atoms with Gasteiger partial charge in [0.1, 0.15) is 5.82 Å². The minimum absolute atomic E-state index is 0.200. The predicted molar refractivity (Wildman–Crippen MR) is 68.7 cm³/mol.